The van der Waals surface area contributed by atoms with Gasteiger partial charge in [0.05, 0.1) is 0 Å². The first-order valence-electron chi connectivity index (χ1n) is 7.06. The summed E-state index contributed by atoms with van der Waals surface area (Å²) in [5, 5.41) is 3.52. The van der Waals surface area contributed by atoms with E-state index in [1.807, 2.05) is 0 Å². The highest BCUT2D eigenvalue weighted by atomic mass is 19.1. The molecule has 20 heavy (non-hydrogen) atoms. The fourth-order valence-electron chi connectivity index (χ4n) is 2.08. The third-order valence-corrected chi connectivity index (χ3v) is 3.22. The molecule has 0 bridgehead atoms. The zero-order valence-electron chi connectivity index (χ0n) is 11.7. The molecule has 0 fully saturated rings. The second-order valence-corrected chi connectivity index (χ2v) is 4.82. The van der Waals surface area contributed by atoms with E-state index in [4.69, 9.17) is 0 Å². The first-order valence-corrected chi connectivity index (χ1v) is 7.06. The van der Waals surface area contributed by atoms with Gasteiger partial charge in [0, 0.05) is 11.9 Å². The molecule has 0 radical (unpaired) electrons. The van der Waals surface area contributed by atoms with Gasteiger partial charge in [0.2, 0.25) is 0 Å². The number of rotatable bonds is 6. The van der Waals surface area contributed by atoms with Crippen LogP contribution in [0.2, 0.25) is 0 Å². The molecule has 1 amide bonds. The molecule has 4 heteroatoms. The molecule has 0 atom stereocenters. The summed E-state index contributed by atoms with van der Waals surface area (Å²) in [5.74, 6) is -0.647. The van der Waals surface area contributed by atoms with Crippen molar-refractivity contribution in [3.8, 4) is 0 Å². The summed E-state index contributed by atoms with van der Waals surface area (Å²) in [7, 11) is 0. The predicted molar refractivity (Wildman–Crippen MR) is 78.2 cm³/mol. The Morgan fingerprint density at radius 2 is 2.05 bits per heavy atom. The molecule has 0 aliphatic carbocycles. The lowest BCUT2D eigenvalue weighted by molar-refractivity contribution is 0.0948. The topological polar surface area (TPSA) is 42.0 Å². The quantitative estimate of drug-likeness (QED) is 0.816. The number of nitrogens with zero attached hydrogens (tertiary/aromatic N) is 1. The second kappa shape index (κ2) is 6.98. The Morgan fingerprint density at radius 1 is 1.20 bits per heavy atom. The van der Waals surface area contributed by atoms with Crippen molar-refractivity contribution >= 4 is 16.8 Å². The maximum Gasteiger partial charge on any atom is 0.269 e. The van der Waals surface area contributed by atoms with Crippen LogP contribution in [0.15, 0.2) is 30.3 Å². The molecule has 0 saturated carbocycles. The Hall–Kier alpha value is -1.97. The minimum atomic E-state index is -0.403. The lowest BCUT2D eigenvalue weighted by atomic mass is 10.2. The van der Waals surface area contributed by atoms with Gasteiger partial charge in [-0.05, 0) is 18.6 Å². The average molecular weight is 274 g/mol. The highest BCUT2D eigenvalue weighted by Crippen LogP contribution is 2.15. The summed E-state index contributed by atoms with van der Waals surface area (Å²) in [4.78, 5) is 16.0. The molecule has 0 saturated heterocycles. The molecule has 1 aromatic heterocycles. The number of para-hydroxylation sites is 1. The third-order valence-electron chi connectivity index (χ3n) is 3.22. The zero-order chi connectivity index (χ0) is 14.4. The van der Waals surface area contributed by atoms with Crippen molar-refractivity contribution < 1.29 is 9.18 Å². The van der Waals surface area contributed by atoms with Crippen molar-refractivity contribution in [2.24, 2.45) is 0 Å². The van der Waals surface area contributed by atoms with Crippen LogP contribution < -0.4 is 5.32 Å². The van der Waals surface area contributed by atoms with Gasteiger partial charge in [0.15, 0.2) is 0 Å². The first-order chi connectivity index (χ1) is 9.72. The number of pyridine rings is 1. The lowest BCUT2D eigenvalue weighted by Crippen LogP contribution is -2.25. The summed E-state index contributed by atoms with van der Waals surface area (Å²) in [6.45, 7) is 2.78. The number of nitrogens with one attached hydrogen (secondary N) is 1. The monoisotopic (exact) mass is 274 g/mol. The summed E-state index contributed by atoms with van der Waals surface area (Å²) in [6.07, 6.45) is 4.41. The Morgan fingerprint density at radius 3 is 2.85 bits per heavy atom. The van der Waals surface area contributed by atoms with Gasteiger partial charge in [-0.25, -0.2) is 9.37 Å². The van der Waals surface area contributed by atoms with Crippen molar-refractivity contribution in [1.29, 1.82) is 0 Å². The number of benzene rings is 1. The largest absolute Gasteiger partial charge is 0.351 e. The van der Waals surface area contributed by atoms with E-state index >= 15 is 0 Å². The molecular weight excluding hydrogens is 255 g/mol. The smallest absolute Gasteiger partial charge is 0.269 e. The standard InChI is InChI=1S/C16H19FN2O/c1-2-3-4-5-11-18-16(20)14-10-9-12-7-6-8-13(17)15(12)19-14/h6-10H,2-5,11H2,1H3,(H,18,20). The normalized spacial score (nSPS) is 10.7. The number of carbonyl (C=O) groups is 1. The van der Waals surface area contributed by atoms with Crippen LogP contribution in [0.3, 0.4) is 0 Å². The molecule has 1 heterocycles. The molecular formula is C16H19FN2O. The van der Waals surface area contributed by atoms with Crippen LogP contribution in [0.5, 0.6) is 0 Å². The number of carbonyl (C=O) groups excluding carboxylic acids is 1. The fourth-order valence-corrected chi connectivity index (χ4v) is 2.08. The summed E-state index contributed by atoms with van der Waals surface area (Å²) in [6, 6.07) is 8.10. The molecule has 3 nitrogen and oxygen atoms in total. The van der Waals surface area contributed by atoms with Gasteiger partial charge in [-0.3, -0.25) is 4.79 Å². The van der Waals surface area contributed by atoms with E-state index in [0.717, 1.165) is 12.8 Å². The Labute approximate surface area is 118 Å². The fraction of sp³-hybridized carbons (Fsp3) is 0.375. The van der Waals surface area contributed by atoms with E-state index in [1.54, 1.807) is 24.3 Å². The summed E-state index contributed by atoms with van der Waals surface area (Å²) in [5.41, 5.74) is 0.504. The van der Waals surface area contributed by atoms with Crippen LogP contribution in [0.1, 0.15) is 43.1 Å². The minimum Gasteiger partial charge on any atom is -0.351 e. The van der Waals surface area contributed by atoms with Crippen LogP contribution in [0, 0.1) is 5.82 Å². The molecule has 1 N–H and O–H groups in total. The maximum absolute atomic E-state index is 13.6. The van der Waals surface area contributed by atoms with Crippen LogP contribution in [-0.2, 0) is 0 Å². The van der Waals surface area contributed by atoms with Crippen molar-refractivity contribution in [3.05, 3.63) is 41.8 Å². The molecule has 1 aromatic carbocycles. The highest BCUT2D eigenvalue weighted by Gasteiger charge is 2.09. The average Bonchev–Trinajstić information content (AvgIpc) is 2.47. The van der Waals surface area contributed by atoms with Crippen LogP contribution in [0.4, 0.5) is 4.39 Å². The van der Waals surface area contributed by atoms with E-state index in [0.29, 0.717) is 11.9 Å². The van der Waals surface area contributed by atoms with Gasteiger partial charge in [-0.15, -0.1) is 0 Å². The van der Waals surface area contributed by atoms with Gasteiger partial charge in [-0.2, -0.15) is 0 Å². The molecule has 0 spiro atoms. The van der Waals surface area contributed by atoms with Crippen molar-refractivity contribution in [3.63, 3.8) is 0 Å². The SMILES string of the molecule is CCCCCCNC(=O)c1ccc2cccc(F)c2n1. The Bertz CT molecular complexity index is 598. The summed E-state index contributed by atoms with van der Waals surface area (Å²) < 4.78 is 13.6. The number of hydrogen-bond donors (Lipinski definition) is 1. The first kappa shape index (κ1) is 14.4. The van der Waals surface area contributed by atoms with Crippen molar-refractivity contribution in [2.45, 2.75) is 32.6 Å². The number of aromatic nitrogens is 1. The lowest BCUT2D eigenvalue weighted by Gasteiger charge is -2.06. The zero-order valence-corrected chi connectivity index (χ0v) is 11.7. The van der Waals surface area contributed by atoms with Gasteiger partial charge in [0.1, 0.15) is 17.0 Å². The highest BCUT2D eigenvalue weighted by molar-refractivity contribution is 5.94. The molecule has 2 aromatic rings. The van der Waals surface area contributed by atoms with Gasteiger partial charge in [0.25, 0.3) is 5.91 Å². The molecule has 0 aliphatic heterocycles. The number of halogens is 1. The predicted octanol–water partition coefficient (Wildman–Crippen LogP) is 3.68. The van der Waals surface area contributed by atoms with Crippen LogP contribution in [-0.4, -0.2) is 17.4 Å². The molecule has 2 rings (SSSR count). The van der Waals surface area contributed by atoms with E-state index in [2.05, 4.69) is 17.2 Å². The van der Waals surface area contributed by atoms with Crippen LogP contribution in [0.25, 0.3) is 10.9 Å². The second-order valence-electron chi connectivity index (χ2n) is 4.82. The maximum atomic E-state index is 13.6. The van der Waals surface area contributed by atoms with E-state index in [9.17, 15) is 9.18 Å². The van der Waals surface area contributed by atoms with E-state index < -0.39 is 5.82 Å². The minimum absolute atomic E-state index is 0.242. The molecule has 106 valence electrons. The molecule has 0 aliphatic rings. The van der Waals surface area contributed by atoms with Gasteiger partial charge in [-0.1, -0.05) is 44.4 Å². The molecule has 0 unspecified atom stereocenters. The Balaban J connectivity index is 2.01. The number of hydrogen-bond acceptors (Lipinski definition) is 2. The van der Waals surface area contributed by atoms with Gasteiger partial charge < -0.3 is 5.32 Å². The van der Waals surface area contributed by atoms with E-state index in [1.165, 1.54) is 18.9 Å². The van der Waals surface area contributed by atoms with Gasteiger partial charge >= 0.3 is 0 Å². The van der Waals surface area contributed by atoms with Crippen molar-refractivity contribution in [1.82, 2.24) is 10.3 Å². The number of amides is 1. The van der Waals surface area contributed by atoms with Crippen molar-refractivity contribution in [2.75, 3.05) is 6.54 Å². The van der Waals surface area contributed by atoms with Crippen LogP contribution >= 0.6 is 0 Å². The Kier molecular flexibility index (Phi) is 5.04. The third kappa shape index (κ3) is 3.53. The number of fused-ring (bicyclic) bond motifs is 1. The number of unbranched alkanes of at least 4 members (excludes halogenated alkanes) is 3. The van der Waals surface area contributed by atoms with E-state index in [-0.39, 0.29) is 17.1 Å². The summed E-state index contributed by atoms with van der Waals surface area (Å²) >= 11 is 0.